The van der Waals surface area contributed by atoms with Gasteiger partial charge in [-0.1, -0.05) is 24.3 Å². The van der Waals surface area contributed by atoms with Gasteiger partial charge in [0.1, 0.15) is 22.7 Å². The van der Waals surface area contributed by atoms with Crippen LogP contribution in [0, 0.1) is 6.92 Å². The zero-order valence-electron chi connectivity index (χ0n) is 17.4. The highest BCUT2D eigenvalue weighted by atomic mass is 32.1. The molecule has 4 aromatic rings. The maximum atomic E-state index is 12.9. The highest BCUT2D eigenvalue weighted by molar-refractivity contribution is 7.20. The molecule has 158 valence electrons. The molecular formula is C23H23N5O2S. The van der Waals surface area contributed by atoms with E-state index in [1.807, 2.05) is 49.4 Å². The zero-order valence-corrected chi connectivity index (χ0v) is 18.2. The molecule has 7 nitrogen and oxygen atoms in total. The van der Waals surface area contributed by atoms with Crippen molar-refractivity contribution < 1.29 is 9.53 Å². The fourth-order valence-electron chi connectivity index (χ4n) is 3.40. The van der Waals surface area contributed by atoms with Crippen LogP contribution in [-0.2, 0) is 13.0 Å². The van der Waals surface area contributed by atoms with Gasteiger partial charge in [0.2, 0.25) is 0 Å². The van der Waals surface area contributed by atoms with Gasteiger partial charge < -0.3 is 15.4 Å². The summed E-state index contributed by atoms with van der Waals surface area (Å²) in [6.45, 7) is 3.00. The minimum absolute atomic E-state index is 0.105. The Hall–Kier alpha value is -3.52. The molecule has 2 N–H and O–H groups in total. The average molecular weight is 434 g/mol. The molecule has 3 aromatic heterocycles. The Labute approximate surface area is 184 Å². The molecule has 0 radical (unpaired) electrons. The van der Waals surface area contributed by atoms with E-state index in [0.717, 1.165) is 32.8 Å². The number of para-hydroxylation sites is 1. The first kappa shape index (κ1) is 20.7. The van der Waals surface area contributed by atoms with Gasteiger partial charge in [-0.15, -0.1) is 11.3 Å². The van der Waals surface area contributed by atoms with Crippen LogP contribution in [-0.4, -0.2) is 34.5 Å². The second-order valence-electron chi connectivity index (χ2n) is 6.95. The number of amides is 1. The van der Waals surface area contributed by atoms with Gasteiger partial charge >= 0.3 is 0 Å². The van der Waals surface area contributed by atoms with E-state index in [4.69, 9.17) is 4.74 Å². The van der Waals surface area contributed by atoms with Crippen LogP contribution in [0.15, 0.2) is 55.0 Å². The number of hydrogen-bond acceptors (Lipinski definition) is 7. The number of benzene rings is 1. The van der Waals surface area contributed by atoms with Gasteiger partial charge in [-0.2, -0.15) is 0 Å². The van der Waals surface area contributed by atoms with Crippen molar-refractivity contribution in [3.63, 3.8) is 0 Å². The molecule has 0 atom stereocenters. The van der Waals surface area contributed by atoms with Crippen LogP contribution in [0.1, 0.15) is 26.5 Å². The topological polar surface area (TPSA) is 89.0 Å². The molecule has 31 heavy (non-hydrogen) atoms. The number of carbonyl (C=O) groups is 1. The molecule has 8 heteroatoms. The molecule has 0 spiro atoms. The summed E-state index contributed by atoms with van der Waals surface area (Å²) in [6.07, 6.45) is 3.97. The lowest BCUT2D eigenvalue weighted by Crippen LogP contribution is -2.25. The van der Waals surface area contributed by atoms with Crippen LogP contribution in [0.4, 0.5) is 5.82 Å². The van der Waals surface area contributed by atoms with Crippen LogP contribution < -0.4 is 15.4 Å². The quantitative estimate of drug-likeness (QED) is 0.437. The molecule has 0 aliphatic heterocycles. The Kier molecular flexibility index (Phi) is 6.37. The summed E-state index contributed by atoms with van der Waals surface area (Å²) >= 11 is 1.38. The number of nitrogens with zero attached hydrogens (tertiary/aromatic N) is 3. The monoisotopic (exact) mass is 433 g/mol. The van der Waals surface area contributed by atoms with Crippen LogP contribution >= 0.6 is 11.3 Å². The summed E-state index contributed by atoms with van der Waals surface area (Å²) in [4.78, 5) is 27.4. The number of aromatic nitrogens is 3. The van der Waals surface area contributed by atoms with Crippen molar-refractivity contribution in [2.75, 3.05) is 19.0 Å². The number of aryl methyl sites for hydroxylation is 1. The van der Waals surface area contributed by atoms with Crippen molar-refractivity contribution in [2.24, 2.45) is 0 Å². The predicted molar refractivity (Wildman–Crippen MR) is 123 cm³/mol. The number of rotatable bonds is 8. The Morgan fingerprint density at radius 3 is 2.74 bits per heavy atom. The summed E-state index contributed by atoms with van der Waals surface area (Å²) < 4.78 is 5.38. The van der Waals surface area contributed by atoms with E-state index >= 15 is 0 Å². The largest absolute Gasteiger partial charge is 0.496 e. The number of fused-ring (bicyclic) bond motifs is 1. The molecule has 0 bridgehead atoms. The van der Waals surface area contributed by atoms with E-state index in [0.29, 0.717) is 30.2 Å². The summed E-state index contributed by atoms with van der Waals surface area (Å²) in [5.74, 6) is 1.43. The Bertz CT molecular complexity index is 1190. The minimum atomic E-state index is -0.105. The molecule has 0 unspecified atom stereocenters. The number of thiophene rings is 1. The number of methoxy groups -OCH3 is 1. The molecule has 0 aliphatic carbocycles. The van der Waals surface area contributed by atoms with Gasteiger partial charge in [0, 0.05) is 12.7 Å². The van der Waals surface area contributed by atoms with E-state index in [-0.39, 0.29) is 5.91 Å². The van der Waals surface area contributed by atoms with E-state index in [2.05, 4.69) is 25.6 Å². The van der Waals surface area contributed by atoms with Crippen LogP contribution in [0.3, 0.4) is 0 Å². The molecule has 0 saturated heterocycles. The summed E-state index contributed by atoms with van der Waals surface area (Å²) in [7, 11) is 1.65. The van der Waals surface area contributed by atoms with Gasteiger partial charge in [0.05, 0.1) is 29.6 Å². The molecule has 0 aliphatic rings. The van der Waals surface area contributed by atoms with Crippen molar-refractivity contribution in [1.82, 2.24) is 20.3 Å². The first-order valence-corrected chi connectivity index (χ1v) is 10.8. The summed E-state index contributed by atoms with van der Waals surface area (Å²) in [5, 5.41) is 7.21. The zero-order chi connectivity index (χ0) is 21.6. The third kappa shape index (κ3) is 4.64. The molecule has 1 aromatic carbocycles. The number of anilines is 1. The van der Waals surface area contributed by atoms with E-state index in [9.17, 15) is 4.79 Å². The van der Waals surface area contributed by atoms with E-state index in [1.165, 1.54) is 17.7 Å². The number of carbonyl (C=O) groups excluding carboxylic acids is 1. The molecule has 4 rings (SSSR count). The Balaban J connectivity index is 1.47. The van der Waals surface area contributed by atoms with Gasteiger partial charge in [0.15, 0.2) is 0 Å². The van der Waals surface area contributed by atoms with Crippen molar-refractivity contribution in [3.8, 4) is 5.75 Å². The van der Waals surface area contributed by atoms with Crippen molar-refractivity contribution >= 4 is 33.3 Å². The highest BCUT2D eigenvalue weighted by Gasteiger charge is 2.19. The predicted octanol–water partition coefficient (Wildman–Crippen LogP) is 3.99. The summed E-state index contributed by atoms with van der Waals surface area (Å²) in [5.41, 5.74) is 2.85. The fourth-order valence-corrected chi connectivity index (χ4v) is 4.46. The minimum Gasteiger partial charge on any atom is -0.496 e. The SMILES string of the molecule is COc1ccccc1CCNC(=O)c1sc2ncnc(NCc3ccccn3)c2c1C. The average Bonchev–Trinajstić information content (AvgIpc) is 3.16. The van der Waals surface area contributed by atoms with Gasteiger partial charge in [-0.05, 0) is 42.7 Å². The number of nitrogens with one attached hydrogen (secondary N) is 2. The second kappa shape index (κ2) is 9.53. The summed E-state index contributed by atoms with van der Waals surface area (Å²) in [6, 6.07) is 13.6. The first-order valence-electron chi connectivity index (χ1n) is 9.95. The maximum Gasteiger partial charge on any atom is 0.261 e. The normalized spacial score (nSPS) is 10.8. The van der Waals surface area contributed by atoms with Crippen molar-refractivity contribution in [3.05, 3.63) is 76.7 Å². The molecule has 0 fully saturated rings. The van der Waals surface area contributed by atoms with Gasteiger partial charge in [-0.3, -0.25) is 9.78 Å². The third-order valence-corrected chi connectivity index (χ3v) is 6.17. The number of ether oxygens (including phenoxy) is 1. The lowest BCUT2D eigenvalue weighted by molar-refractivity contribution is 0.0957. The van der Waals surface area contributed by atoms with Crippen LogP contribution in [0.2, 0.25) is 0 Å². The smallest absolute Gasteiger partial charge is 0.261 e. The van der Waals surface area contributed by atoms with Gasteiger partial charge in [-0.25, -0.2) is 9.97 Å². The first-order chi connectivity index (χ1) is 15.2. The fraction of sp³-hybridized carbons (Fsp3) is 0.217. The highest BCUT2D eigenvalue weighted by Crippen LogP contribution is 2.33. The third-order valence-electron chi connectivity index (χ3n) is 4.97. The van der Waals surface area contributed by atoms with Crippen LogP contribution in [0.25, 0.3) is 10.2 Å². The molecule has 0 saturated carbocycles. The number of pyridine rings is 1. The molecule has 1 amide bonds. The standard InChI is InChI=1S/C23H23N5O2S/c1-15-19-21(26-13-17-8-5-6-11-24-17)27-14-28-23(19)31-20(15)22(29)25-12-10-16-7-3-4-9-18(16)30-2/h3-9,11,14H,10,12-13H2,1-2H3,(H,25,29)(H,26,27,28). The number of hydrogen-bond donors (Lipinski definition) is 2. The molecular weight excluding hydrogens is 410 g/mol. The van der Waals surface area contributed by atoms with E-state index in [1.54, 1.807) is 13.3 Å². The van der Waals surface area contributed by atoms with Crippen molar-refractivity contribution in [2.45, 2.75) is 19.9 Å². The van der Waals surface area contributed by atoms with Crippen LogP contribution in [0.5, 0.6) is 5.75 Å². The molecule has 3 heterocycles. The van der Waals surface area contributed by atoms with Crippen molar-refractivity contribution in [1.29, 1.82) is 0 Å². The second-order valence-corrected chi connectivity index (χ2v) is 7.95. The van der Waals surface area contributed by atoms with E-state index < -0.39 is 0 Å². The lowest BCUT2D eigenvalue weighted by Gasteiger charge is -2.09. The maximum absolute atomic E-state index is 12.9. The van der Waals surface area contributed by atoms with Gasteiger partial charge in [0.25, 0.3) is 5.91 Å². The Morgan fingerprint density at radius 2 is 1.94 bits per heavy atom. The Morgan fingerprint density at radius 1 is 1.10 bits per heavy atom. The lowest BCUT2D eigenvalue weighted by atomic mass is 10.1.